The van der Waals surface area contributed by atoms with Crippen molar-refractivity contribution in [1.29, 1.82) is 0 Å². The molecule has 0 aliphatic rings. The first-order valence-electron chi connectivity index (χ1n) is 6.16. The molecule has 0 aliphatic heterocycles. The zero-order valence-electron chi connectivity index (χ0n) is 11.7. The van der Waals surface area contributed by atoms with Gasteiger partial charge in [0.05, 0.1) is 6.04 Å². The molecule has 110 valence electrons. The summed E-state index contributed by atoms with van der Waals surface area (Å²) in [5.74, 6) is -1.44. The van der Waals surface area contributed by atoms with E-state index in [-0.39, 0.29) is 5.75 Å². The van der Waals surface area contributed by atoms with Gasteiger partial charge in [0, 0.05) is 18.0 Å². The number of amides is 1. The molecule has 0 heterocycles. The second kappa shape index (κ2) is 6.27. The standard InChI is InChI=1S/C14H19NO5/c1-14(2,3)20-13(19)15-10(8-12(17)18)9-6-4-5-7-11(9)16/h4-7,10,16H,8H2,1-3H3,(H,15,19)(H,17,18)/p-1/t10-/m1/s1. The van der Waals surface area contributed by atoms with Crippen molar-refractivity contribution in [2.45, 2.75) is 38.8 Å². The van der Waals surface area contributed by atoms with Gasteiger partial charge in [0.1, 0.15) is 11.4 Å². The highest BCUT2D eigenvalue weighted by Crippen LogP contribution is 2.26. The fourth-order valence-corrected chi connectivity index (χ4v) is 1.64. The Bertz CT molecular complexity index is 493. The monoisotopic (exact) mass is 280 g/mol. The molecule has 0 aliphatic carbocycles. The molecule has 0 aromatic heterocycles. The van der Waals surface area contributed by atoms with Crippen LogP contribution in [0.4, 0.5) is 4.79 Å². The van der Waals surface area contributed by atoms with E-state index in [1.54, 1.807) is 32.9 Å². The van der Waals surface area contributed by atoms with E-state index in [0.29, 0.717) is 5.56 Å². The minimum atomic E-state index is -1.34. The van der Waals surface area contributed by atoms with Crippen molar-refractivity contribution in [3.8, 4) is 5.75 Å². The van der Waals surface area contributed by atoms with Crippen LogP contribution in [0.3, 0.4) is 0 Å². The van der Waals surface area contributed by atoms with Crippen molar-refractivity contribution >= 4 is 12.1 Å². The number of phenolic OH excluding ortho intramolecular Hbond substituents is 1. The number of carbonyl (C=O) groups excluding carboxylic acids is 2. The lowest BCUT2D eigenvalue weighted by Gasteiger charge is -2.24. The Morgan fingerprint density at radius 3 is 2.45 bits per heavy atom. The Hall–Kier alpha value is -2.24. The lowest BCUT2D eigenvalue weighted by molar-refractivity contribution is -0.306. The van der Waals surface area contributed by atoms with E-state index in [9.17, 15) is 19.8 Å². The molecule has 6 heteroatoms. The average molecular weight is 280 g/mol. The van der Waals surface area contributed by atoms with Gasteiger partial charge in [-0.3, -0.25) is 0 Å². The van der Waals surface area contributed by atoms with Crippen LogP contribution in [0, 0.1) is 0 Å². The highest BCUT2D eigenvalue weighted by atomic mass is 16.6. The van der Waals surface area contributed by atoms with E-state index in [2.05, 4.69) is 5.32 Å². The predicted molar refractivity (Wildman–Crippen MR) is 69.8 cm³/mol. The van der Waals surface area contributed by atoms with Gasteiger partial charge in [0.2, 0.25) is 0 Å². The first-order chi connectivity index (χ1) is 9.19. The van der Waals surface area contributed by atoms with Gasteiger partial charge >= 0.3 is 6.09 Å². The number of ether oxygens (including phenoxy) is 1. The third kappa shape index (κ3) is 5.17. The summed E-state index contributed by atoms with van der Waals surface area (Å²) in [4.78, 5) is 22.5. The summed E-state index contributed by atoms with van der Waals surface area (Å²) in [6, 6.07) is 5.25. The van der Waals surface area contributed by atoms with E-state index in [0.717, 1.165) is 0 Å². The summed E-state index contributed by atoms with van der Waals surface area (Å²) in [6.07, 6.45) is -1.22. The summed E-state index contributed by atoms with van der Waals surface area (Å²) in [7, 11) is 0. The number of carboxylic acid groups (broad SMARTS) is 1. The Balaban J connectivity index is 2.88. The van der Waals surface area contributed by atoms with Gasteiger partial charge in [-0.1, -0.05) is 18.2 Å². The number of rotatable bonds is 4. The summed E-state index contributed by atoms with van der Waals surface area (Å²) in [5, 5.41) is 22.9. The maximum absolute atomic E-state index is 11.7. The molecule has 0 bridgehead atoms. The first kappa shape index (κ1) is 15.8. The molecule has 0 radical (unpaired) electrons. The molecule has 1 amide bonds. The fraction of sp³-hybridized carbons (Fsp3) is 0.429. The maximum Gasteiger partial charge on any atom is 0.408 e. The minimum absolute atomic E-state index is 0.102. The second-order valence-electron chi connectivity index (χ2n) is 5.33. The first-order valence-corrected chi connectivity index (χ1v) is 6.16. The minimum Gasteiger partial charge on any atom is -0.550 e. The largest absolute Gasteiger partial charge is 0.550 e. The number of alkyl carbamates (subject to hydrolysis) is 1. The van der Waals surface area contributed by atoms with Crippen LogP contribution in [0.15, 0.2) is 24.3 Å². The molecule has 0 saturated heterocycles. The normalized spacial score (nSPS) is 12.6. The molecule has 6 nitrogen and oxygen atoms in total. The number of carboxylic acids is 1. The average Bonchev–Trinajstić information content (AvgIpc) is 2.25. The van der Waals surface area contributed by atoms with Gasteiger partial charge in [0.25, 0.3) is 0 Å². The smallest absolute Gasteiger partial charge is 0.408 e. The number of carbonyl (C=O) groups is 2. The number of aromatic hydroxyl groups is 1. The number of nitrogens with one attached hydrogen (secondary N) is 1. The van der Waals surface area contributed by atoms with Crippen LogP contribution in [-0.2, 0) is 9.53 Å². The number of hydrogen-bond acceptors (Lipinski definition) is 5. The number of phenols is 1. The summed E-state index contributed by atoms with van der Waals surface area (Å²) in [6.45, 7) is 5.08. The zero-order valence-corrected chi connectivity index (χ0v) is 11.7. The van der Waals surface area contributed by atoms with Gasteiger partial charge in [-0.2, -0.15) is 0 Å². The highest BCUT2D eigenvalue weighted by molar-refractivity contribution is 5.71. The van der Waals surface area contributed by atoms with Crippen LogP contribution in [-0.4, -0.2) is 22.8 Å². The van der Waals surface area contributed by atoms with Crippen LogP contribution in [0.1, 0.15) is 38.8 Å². The van der Waals surface area contributed by atoms with Crippen molar-refractivity contribution in [2.24, 2.45) is 0 Å². The molecule has 0 unspecified atom stereocenters. The van der Waals surface area contributed by atoms with Gasteiger partial charge in [0.15, 0.2) is 0 Å². The van der Waals surface area contributed by atoms with Crippen molar-refractivity contribution < 1.29 is 24.5 Å². The van der Waals surface area contributed by atoms with Crippen LogP contribution in [0.5, 0.6) is 5.75 Å². The Labute approximate surface area is 117 Å². The number of aliphatic carboxylic acids is 1. The van der Waals surface area contributed by atoms with E-state index < -0.39 is 30.1 Å². The van der Waals surface area contributed by atoms with E-state index in [4.69, 9.17) is 4.74 Å². The SMILES string of the molecule is CC(C)(C)OC(=O)N[C@H](CC(=O)[O-])c1ccccc1O. The number of hydrogen-bond donors (Lipinski definition) is 2. The molecule has 1 atom stereocenters. The summed E-state index contributed by atoms with van der Waals surface area (Å²) in [5.41, 5.74) is -0.406. The van der Waals surface area contributed by atoms with Crippen molar-refractivity contribution in [3.05, 3.63) is 29.8 Å². The topological polar surface area (TPSA) is 98.7 Å². The molecular formula is C14H18NO5-. The maximum atomic E-state index is 11.7. The van der Waals surface area contributed by atoms with Crippen LogP contribution in [0.2, 0.25) is 0 Å². The van der Waals surface area contributed by atoms with Crippen molar-refractivity contribution in [3.63, 3.8) is 0 Å². The van der Waals surface area contributed by atoms with E-state index in [1.807, 2.05) is 0 Å². The van der Waals surface area contributed by atoms with Gasteiger partial charge in [-0.25, -0.2) is 4.79 Å². The Morgan fingerprint density at radius 2 is 1.95 bits per heavy atom. The zero-order chi connectivity index (χ0) is 15.3. The molecule has 0 saturated carbocycles. The quantitative estimate of drug-likeness (QED) is 0.860. The predicted octanol–water partition coefficient (Wildman–Crippen LogP) is 1.10. The number of benzene rings is 1. The van der Waals surface area contributed by atoms with Crippen molar-refractivity contribution in [2.75, 3.05) is 0 Å². The molecule has 1 rings (SSSR count). The van der Waals surface area contributed by atoms with Gasteiger partial charge < -0.3 is 25.1 Å². The van der Waals surface area contributed by atoms with E-state index >= 15 is 0 Å². The molecule has 1 aromatic carbocycles. The number of para-hydroxylation sites is 1. The lowest BCUT2D eigenvalue weighted by Crippen LogP contribution is -2.37. The van der Waals surface area contributed by atoms with Crippen molar-refractivity contribution in [1.82, 2.24) is 5.32 Å². The lowest BCUT2D eigenvalue weighted by atomic mass is 10.0. The molecule has 1 aromatic rings. The molecular weight excluding hydrogens is 262 g/mol. The Morgan fingerprint density at radius 1 is 1.35 bits per heavy atom. The van der Waals surface area contributed by atoms with Crippen LogP contribution in [0.25, 0.3) is 0 Å². The molecule has 20 heavy (non-hydrogen) atoms. The highest BCUT2D eigenvalue weighted by Gasteiger charge is 2.22. The van der Waals surface area contributed by atoms with Crippen LogP contribution < -0.4 is 10.4 Å². The molecule has 2 N–H and O–H groups in total. The van der Waals surface area contributed by atoms with E-state index in [1.165, 1.54) is 12.1 Å². The second-order valence-corrected chi connectivity index (χ2v) is 5.33. The summed E-state index contributed by atoms with van der Waals surface area (Å²) >= 11 is 0. The summed E-state index contributed by atoms with van der Waals surface area (Å²) < 4.78 is 5.07. The fourth-order valence-electron chi connectivity index (χ4n) is 1.64. The van der Waals surface area contributed by atoms with Gasteiger partial charge in [-0.05, 0) is 26.8 Å². The third-order valence-electron chi connectivity index (χ3n) is 2.37. The van der Waals surface area contributed by atoms with Gasteiger partial charge in [-0.15, -0.1) is 0 Å². The molecule has 0 fully saturated rings. The Kier molecular flexibility index (Phi) is 4.96. The van der Waals surface area contributed by atoms with Crippen LogP contribution >= 0.6 is 0 Å². The third-order valence-corrected chi connectivity index (χ3v) is 2.37. The molecule has 0 spiro atoms.